The van der Waals surface area contributed by atoms with Crippen LogP contribution < -0.4 is 20.1 Å². The van der Waals surface area contributed by atoms with Crippen molar-refractivity contribution in [2.75, 3.05) is 24.9 Å². The van der Waals surface area contributed by atoms with Gasteiger partial charge < -0.3 is 14.8 Å². The van der Waals surface area contributed by atoms with E-state index in [1.165, 1.54) is 11.8 Å². The molecule has 1 atom stereocenters. The van der Waals surface area contributed by atoms with Crippen molar-refractivity contribution < 1.29 is 19.1 Å². The molecule has 0 saturated heterocycles. The van der Waals surface area contributed by atoms with Gasteiger partial charge in [0.25, 0.3) is 5.91 Å². The molecule has 3 aromatic rings. The number of rotatable bonds is 6. The van der Waals surface area contributed by atoms with Crippen molar-refractivity contribution in [3.8, 4) is 22.9 Å². The van der Waals surface area contributed by atoms with Crippen molar-refractivity contribution in [3.05, 3.63) is 48.5 Å². The van der Waals surface area contributed by atoms with Gasteiger partial charge >= 0.3 is 0 Å². The molecule has 9 heteroatoms. The number of aromatic nitrogens is 3. The molecule has 29 heavy (non-hydrogen) atoms. The fraction of sp³-hybridized carbons (Fsp3) is 0.200. The number of amides is 2. The van der Waals surface area contributed by atoms with Crippen LogP contribution in [0, 0.1) is 0 Å². The molecule has 0 aliphatic carbocycles. The molecule has 2 aromatic carbocycles. The number of hydrogen-bond acceptors (Lipinski definition) is 6. The third-order valence-electron chi connectivity index (χ3n) is 4.56. The second-order valence-corrected chi connectivity index (χ2v) is 6.39. The summed E-state index contributed by atoms with van der Waals surface area (Å²) in [5, 5.41) is 9.85. The number of anilines is 2. The fourth-order valence-corrected chi connectivity index (χ4v) is 3.10. The highest BCUT2D eigenvalue weighted by molar-refractivity contribution is 6.01. The van der Waals surface area contributed by atoms with E-state index in [-0.39, 0.29) is 18.2 Å². The first-order valence-electron chi connectivity index (χ1n) is 8.93. The van der Waals surface area contributed by atoms with E-state index in [0.29, 0.717) is 29.0 Å². The van der Waals surface area contributed by atoms with Crippen molar-refractivity contribution in [2.24, 2.45) is 0 Å². The van der Waals surface area contributed by atoms with E-state index in [2.05, 4.69) is 20.7 Å². The molecule has 1 aromatic heterocycles. The Morgan fingerprint density at radius 2 is 1.97 bits per heavy atom. The smallest absolute Gasteiger partial charge is 0.252 e. The number of hydrogen-bond donors (Lipinski definition) is 2. The van der Waals surface area contributed by atoms with Gasteiger partial charge in [0.05, 0.1) is 26.3 Å². The number of fused-ring (bicyclic) bond motifs is 1. The summed E-state index contributed by atoms with van der Waals surface area (Å²) in [7, 11) is 3.05. The third kappa shape index (κ3) is 3.62. The molecule has 9 nitrogen and oxygen atoms in total. The number of carbonyl (C=O) groups is 2. The Morgan fingerprint density at radius 3 is 2.69 bits per heavy atom. The van der Waals surface area contributed by atoms with Crippen LogP contribution in [0.5, 0.6) is 11.5 Å². The first-order valence-corrected chi connectivity index (χ1v) is 8.93. The first-order chi connectivity index (χ1) is 14.1. The topological polar surface area (TPSA) is 107 Å². The molecule has 0 fully saturated rings. The Balaban J connectivity index is 1.51. The van der Waals surface area contributed by atoms with Crippen molar-refractivity contribution in [3.63, 3.8) is 0 Å². The van der Waals surface area contributed by atoms with Crippen LogP contribution in [0.3, 0.4) is 0 Å². The zero-order valence-corrected chi connectivity index (χ0v) is 15.9. The van der Waals surface area contributed by atoms with E-state index in [1.807, 2.05) is 30.3 Å². The van der Waals surface area contributed by atoms with E-state index in [0.717, 1.165) is 5.56 Å². The lowest BCUT2D eigenvalue weighted by molar-refractivity contribution is -0.123. The van der Waals surface area contributed by atoms with E-state index < -0.39 is 6.04 Å². The van der Waals surface area contributed by atoms with Gasteiger partial charge in [-0.05, 0) is 12.1 Å². The van der Waals surface area contributed by atoms with Crippen LogP contribution in [0.4, 0.5) is 11.6 Å². The molecular formula is C20H19N5O4. The molecule has 0 unspecified atom stereocenters. The average Bonchev–Trinajstić information content (AvgIpc) is 3.27. The monoisotopic (exact) mass is 393 g/mol. The van der Waals surface area contributed by atoms with Crippen molar-refractivity contribution in [1.82, 2.24) is 14.8 Å². The Kier molecular flexibility index (Phi) is 4.86. The number of nitrogens with zero attached hydrogens (tertiary/aromatic N) is 3. The molecule has 0 saturated carbocycles. The maximum atomic E-state index is 12.6. The van der Waals surface area contributed by atoms with Gasteiger partial charge in [-0.2, -0.15) is 4.98 Å². The zero-order valence-electron chi connectivity index (χ0n) is 15.9. The minimum Gasteiger partial charge on any atom is -0.497 e. The van der Waals surface area contributed by atoms with Crippen molar-refractivity contribution in [1.29, 1.82) is 0 Å². The molecule has 2 heterocycles. The summed E-state index contributed by atoms with van der Waals surface area (Å²) < 4.78 is 11.9. The molecule has 1 aliphatic rings. The van der Waals surface area contributed by atoms with Crippen LogP contribution in [-0.2, 0) is 9.59 Å². The lowest BCUT2D eigenvalue weighted by atomic mass is 10.2. The lowest BCUT2D eigenvalue weighted by Gasteiger charge is -2.13. The largest absolute Gasteiger partial charge is 0.497 e. The molecule has 4 rings (SSSR count). The summed E-state index contributed by atoms with van der Waals surface area (Å²) in [5.41, 5.74) is 1.32. The highest BCUT2D eigenvalue weighted by atomic mass is 16.5. The Hall–Kier alpha value is -3.88. The minimum absolute atomic E-state index is 0.0917. The van der Waals surface area contributed by atoms with Gasteiger partial charge in [0.15, 0.2) is 5.82 Å². The Bertz CT molecular complexity index is 1060. The van der Waals surface area contributed by atoms with Gasteiger partial charge in [0.1, 0.15) is 17.5 Å². The number of ether oxygens (including phenoxy) is 2. The average molecular weight is 393 g/mol. The summed E-state index contributed by atoms with van der Waals surface area (Å²) in [5.74, 6) is 1.21. The number of benzene rings is 2. The van der Waals surface area contributed by atoms with Gasteiger partial charge in [-0.25, -0.2) is 4.68 Å². The summed E-state index contributed by atoms with van der Waals surface area (Å²) in [4.78, 5) is 29.2. The fourth-order valence-electron chi connectivity index (χ4n) is 3.10. The molecule has 2 amide bonds. The van der Waals surface area contributed by atoms with Crippen LogP contribution in [0.1, 0.15) is 12.5 Å². The first kappa shape index (κ1) is 18.5. The summed E-state index contributed by atoms with van der Waals surface area (Å²) >= 11 is 0. The molecule has 0 radical (unpaired) electrons. The minimum atomic E-state index is -0.779. The molecule has 0 spiro atoms. The predicted octanol–water partition coefficient (Wildman–Crippen LogP) is 2.48. The van der Waals surface area contributed by atoms with Crippen LogP contribution in [-0.4, -0.2) is 40.8 Å². The third-order valence-corrected chi connectivity index (χ3v) is 4.56. The summed E-state index contributed by atoms with van der Waals surface area (Å²) in [6, 6.07) is 13.7. The number of nitrogens with one attached hydrogen (secondary N) is 2. The van der Waals surface area contributed by atoms with Crippen LogP contribution in [0.15, 0.2) is 48.5 Å². The van der Waals surface area contributed by atoms with Crippen LogP contribution in [0.25, 0.3) is 11.4 Å². The summed E-state index contributed by atoms with van der Waals surface area (Å²) in [6.45, 7) is 0. The summed E-state index contributed by atoms with van der Waals surface area (Å²) in [6.07, 6.45) is -0.0917. The van der Waals surface area contributed by atoms with E-state index in [4.69, 9.17) is 9.47 Å². The molecule has 2 N–H and O–H groups in total. The zero-order chi connectivity index (χ0) is 20.4. The van der Waals surface area contributed by atoms with E-state index in [9.17, 15) is 9.59 Å². The highest BCUT2D eigenvalue weighted by Crippen LogP contribution is 2.31. The predicted molar refractivity (Wildman–Crippen MR) is 106 cm³/mol. The van der Waals surface area contributed by atoms with Gasteiger partial charge in [-0.1, -0.05) is 30.3 Å². The van der Waals surface area contributed by atoms with Gasteiger partial charge in [-0.3, -0.25) is 14.9 Å². The normalized spacial score (nSPS) is 14.8. The van der Waals surface area contributed by atoms with Crippen LogP contribution in [0.2, 0.25) is 0 Å². The van der Waals surface area contributed by atoms with Crippen molar-refractivity contribution >= 4 is 23.5 Å². The van der Waals surface area contributed by atoms with Gasteiger partial charge in [0.2, 0.25) is 11.9 Å². The Morgan fingerprint density at radius 1 is 1.17 bits per heavy atom. The van der Waals surface area contributed by atoms with Gasteiger partial charge in [-0.15, -0.1) is 5.10 Å². The van der Waals surface area contributed by atoms with E-state index in [1.54, 1.807) is 25.3 Å². The standard InChI is InChI=1S/C20H19N5O4/c1-28-13-8-9-14(16(10-13)29-2)21-17(26)11-15-19(27)23-20-22-18(24-25(15)20)12-6-4-3-5-7-12/h3-10,15H,11H2,1-2H3,(H,21,26)(H,22,23,24,27)/t15-/m0/s1. The molecular weight excluding hydrogens is 374 g/mol. The number of methoxy groups -OCH3 is 2. The second kappa shape index (κ2) is 7.63. The molecule has 1 aliphatic heterocycles. The van der Waals surface area contributed by atoms with Crippen molar-refractivity contribution in [2.45, 2.75) is 12.5 Å². The SMILES string of the molecule is COc1ccc(NC(=O)C[C@H]2C(=O)Nc3nc(-c4ccccc4)nn32)c(OC)c1. The maximum Gasteiger partial charge on any atom is 0.252 e. The van der Waals surface area contributed by atoms with E-state index >= 15 is 0 Å². The van der Waals surface area contributed by atoms with Gasteiger partial charge in [0, 0.05) is 11.6 Å². The number of carbonyl (C=O) groups excluding carboxylic acids is 2. The Labute approximate surface area is 166 Å². The lowest BCUT2D eigenvalue weighted by Crippen LogP contribution is -2.24. The highest BCUT2D eigenvalue weighted by Gasteiger charge is 2.35. The quantitative estimate of drug-likeness (QED) is 0.666. The maximum absolute atomic E-state index is 12.6. The van der Waals surface area contributed by atoms with Crippen LogP contribution >= 0.6 is 0 Å². The molecule has 148 valence electrons. The molecule has 0 bridgehead atoms. The second-order valence-electron chi connectivity index (χ2n) is 6.39.